The number of esters is 2. The van der Waals surface area contributed by atoms with Crippen molar-refractivity contribution in [2.24, 2.45) is 0 Å². The number of carbonyl (C=O) groups excluding carboxylic acids is 2. The van der Waals surface area contributed by atoms with Crippen LogP contribution < -0.4 is 14.8 Å². The highest BCUT2D eigenvalue weighted by atomic mass is 32.2. The number of aromatic nitrogens is 2. The summed E-state index contributed by atoms with van der Waals surface area (Å²) in [6.45, 7) is 0.798. The molecule has 0 saturated heterocycles. The van der Waals surface area contributed by atoms with Gasteiger partial charge in [0, 0.05) is 25.2 Å². The second-order valence-electron chi connectivity index (χ2n) is 6.54. The minimum Gasteiger partial charge on any atom is -0.426 e. The molecule has 4 rings (SSSR count). The number of hydrogen-bond donors (Lipinski definition) is 3. The van der Waals surface area contributed by atoms with Crippen LogP contribution in [0.3, 0.4) is 0 Å². The van der Waals surface area contributed by atoms with Crippen molar-refractivity contribution in [3.8, 4) is 11.5 Å². The third kappa shape index (κ3) is 5.83. The van der Waals surface area contributed by atoms with Gasteiger partial charge in [0.1, 0.15) is 11.5 Å². The van der Waals surface area contributed by atoms with Crippen LogP contribution in [0.2, 0.25) is 0 Å². The quantitative estimate of drug-likeness (QED) is 0.136. The number of aromatic amines is 2. The van der Waals surface area contributed by atoms with E-state index >= 15 is 0 Å². The predicted molar refractivity (Wildman–Crippen MR) is 127 cm³/mol. The number of H-pyrrole nitrogens is 2. The van der Waals surface area contributed by atoms with Crippen LogP contribution in [-0.4, -0.2) is 35.0 Å². The van der Waals surface area contributed by atoms with Gasteiger partial charge in [-0.15, -0.1) is 22.7 Å². The average Bonchev–Trinajstić information content (AvgIpc) is 3.27. The van der Waals surface area contributed by atoms with Gasteiger partial charge >= 0.3 is 11.9 Å². The molecule has 0 fully saturated rings. The van der Waals surface area contributed by atoms with Crippen LogP contribution in [0, 0.1) is 7.91 Å². The summed E-state index contributed by atoms with van der Waals surface area (Å²) in [5, 5.41) is 3.05. The number of ether oxygens (including phenoxy) is 2. The van der Waals surface area contributed by atoms with Gasteiger partial charge in [-0.2, -0.15) is 0 Å². The highest BCUT2D eigenvalue weighted by Gasteiger charge is 2.09. The Morgan fingerprint density at radius 1 is 0.806 bits per heavy atom. The Balaban J connectivity index is 1.16. The van der Waals surface area contributed by atoms with Crippen LogP contribution in [-0.2, 0) is 9.59 Å². The Hall–Kier alpha value is -2.44. The van der Waals surface area contributed by atoms with Crippen LogP contribution in [0.5, 0.6) is 11.5 Å². The third-order valence-corrected chi connectivity index (χ3v) is 6.65. The van der Waals surface area contributed by atoms with E-state index in [2.05, 4.69) is 15.3 Å². The summed E-state index contributed by atoms with van der Waals surface area (Å²) >= 11 is 13.1. The predicted octanol–water partition coefficient (Wildman–Crippen LogP) is 5.11. The van der Waals surface area contributed by atoms with Gasteiger partial charge < -0.3 is 24.8 Å². The molecule has 2 heterocycles. The van der Waals surface area contributed by atoms with Crippen molar-refractivity contribution >= 4 is 79.5 Å². The first kappa shape index (κ1) is 21.8. The van der Waals surface area contributed by atoms with Crippen molar-refractivity contribution in [2.75, 3.05) is 13.1 Å². The number of fused-ring (bicyclic) bond motifs is 2. The number of thiazole rings is 2. The highest BCUT2D eigenvalue weighted by Crippen LogP contribution is 2.25. The van der Waals surface area contributed by atoms with Crippen molar-refractivity contribution in [1.29, 1.82) is 0 Å². The monoisotopic (exact) mass is 491 g/mol. The topological polar surface area (TPSA) is 96.2 Å². The van der Waals surface area contributed by atoms with E-state index in [4.69, 9.17) is 33.9 Å². The van der Waals surface area contributed by atoms with Crippen LogP contribution in [0.4, 0.5) is 0 Å². The van der Waals surface area contributed by atoms with E-state index < -0.39 is 0 Å². The molecule has 0 atom stereocenters. The molecule has 31 heavy (non-hydrogen) atoms. The van der Waals surface area contributed by atoms with E-state index in [1.165, 1.54) is 22.7 Å². The molecule has 7 nitrogen and oxygen atoms in total. The van der Waals surface area contributed by atoms with Crippen LogP contribution in [0.15, 0.2) is 36.4 Å². The molecule has 0 aliphatic carbocycles. The molecule has 4 aromatic rings. The SMILES string of the molecule is O=C(CCNCCC(=O)Oc1ccc2[nH]c(=S)sc2c1)Oc1ccc2[nH]c(=S)sc2c1. The smallest absolute Gasteiger partial charge is 0.312 e. The zero-order chi connectivity index (χ0) is 21.8. The molecule has 0 spiro atoms. The van der Waals surface area contributed by atoms with Gasteiger partial charge in [-0.1, -0.05) is 0 Å². The van der Waals surface area contributed by atoms with Crippen molar-refractivity contribution in [3.63, 3.8) is 0 Å². The summed E-state index contributed by atoms with van der Waals surface area (Å²) in [5.41, 5.74) is 1.84. The molecular weight excluding hydrogens is 475 g/mol. The third-order valence-electron chi connectivity index (χ3n) is 4.26. The molecule has 0 aliphatic rings. The summed E-state index contributed by atoms with van der Waals surface area (Å²) in [6.07, 6.45) is 0.371. The Kier molecular flexibility index (Phi) is 6.88. The zero-order valence-electron chi connectivity index (χ0n) is 16.1. The van der Waals surface area contributed by atoms with Crippen molar-refractivity contribution < 1.29 is 19.1 Å². The molecule has 0 bridgehead atoms. The molecule has 0 radical (unpaired) electrons. The van der Waals surface area contributed by atoms with Crippen molar-refractivity contribution in [2.45, 2.75) is 12.8 Å². The second kappa shape index (κ2) is 9.79. The van der Waals surface area contributed by atoms with Gasteiger partial charge in [-0.25, -0.2) is 0 Å². The number of hydrogen-bond acceptors (Lipinski definition) is 9. The lowest BCUT2D eigenvalue weighted by molar-refractivity contribution is -0.134. The Morgan fingerprint density at radius 3 is 1.71 bits per heavy atom. The maximum Gasteiger partial charge on any atom is 0.312 e. The summed E-state index contributed by atoms with van der Waals surface area (Å²) in [5.74, 6) is 0.260. The maximum atomic E-state index is 12.0. The fourth-order valence-electron chi connectivity index (χ4n) is 2.85. The van der Waals surface area contributed by atoms with Crippen LogP contribution in [0.25, 0.3) is 20.4 Å². The summed E-state index contributed by atoms with van der Waals surface area (Å²) < 4.78 is 13.9. The van der Waals surface area contributed by atoms with E-state index in [1.54, 1.807) is 24.3 Å². The Bertz CT molecular complexity index is 1260. The van der Waals surface area contributed by atoms with Crippen LogP contribution in [0.1, 0.15) is 12.8 Å². The normalized spacial score (nSPS) is 11.1. The van der Waals surface area contributed by atoms with Gasteiger partial charge in [0.15, 0.2) is 7.91 Å². The largest absolute Gasteiger partial charge is 0.426 e. The highest BCUT2D eigenvalue weighted by molar-refractivity contribution is 7.74. The molecule has 2 aromatic heterocycles. The number of carbonyl (C=O) groups is 2. The molecule has 0 amide bonds. The van der Waals surface area contributed by atoms with E-state index in [0.717, 1.165) is 20.4 Å². The van der Waals surface area contributed by atoms with Crippen molar-refractivity contribution in [1.82, 2.24) is 15.3 Å². The number of rotatable bonds is 8. The fourth-order valence-corrected chi connectivity index (χ4v) is 5.14. The Morgan fingerprint density at radius 2 is 1.26 bits per heavy atom. The van der Waals surface area contributed by atoms with Gasteiger partial charge in [-0.3, -0.25) is 9.59 Å². The van der Waals surface area contributed by atoms with Crippen LogP contribution >= 0.6 is 47.1 Å². The molecule has 3 N–H and O–H groups in total. The molecule has 160 valence electrons. The molecule has 0 saturated carbocycles. The molecule has 2 aromatic carbocycles. The summed E-state index contributed by atoms with van der Waals surface area (Å²) in [7, 11) is 0. The van der Waals surface area contributed by atoms with Gasteiger partial charge in [-0.05, 0) is 48.7 Å². The minimum atomic E-state index is -0.351. The average molecular weight is 492 g/mol. The number of benzene rings is 2. The van der Waals surface area contributed by atoms with E-state index in [0.29, 0.717) is 32.5 Å². The lowest BCUT2D eigenvalue weighted by Gasteiger charge is -2.07. The Labute approximate surface area is 195 Å². The minimum absolute atomic E-state index is 0.185. The fraction of sp³-hybridized carbons (Fsp3) is 0.200. The molecule has 11 heteroatoms. The zero-order valence-corrected chi connectivity index (χ0v) is 19.3. The molecule has 0 aliphatic heterocycles. The van der Waals surface area contributed by atoms with E-state index in [1.807, 2.05) is 12.1 Å². The van der Waals surface area contributed by atoms with Gasteiger partial charge in [0.2, 0.25) is 0 Å². The van der Waals surface area contributed by atoms with Gasteiger partial charge in [0.05, 0.1) is 33.3 Å². The molecule has 0 unspecified atom stereocenters. The first-order valence-corrected chi connectivity index (χ1v) is 11.8. The summed E-state index contributed by atoms with van der Waals surface area (Å²) in [4.78, 5) is 30.1. The lowest BCUT2D eigenvalue weighted by Crippen LogP contribution is -2.24. The van der Waals surface area contributed by atoms with Gasteiger partial charge in [0.25, 0.3) is 0 Å². The number of nitrogens with one attached hydrogen (secondary N) is 3. The lowest BCUT2D eigenvalue weighted by atomic mass is 10.3. The van der Waals surface area contributed by atoms with E-state index in [-0.39, 0.29) is 24.8 Å². The summed E-state index contributed by atoms with van der Waals surface area (Å²) in [6, 6.07) is 10.7. The van der Waals surface area contributed by atoms with Crippen molar-refractivity contribution in [3.05, 3.63) is 44.3 Å². The second-order valence-corrected chi connectivity index (χ2v) is 9.98. The molecular formula is C20H17N3O4S4. The maximum absolute atomic E-state index is 12.0. The van der Waals surface area contributed by atoms with E-state index in [9.17, 15) is 9.59 Å². The first-order valence-electron chi connectivity index (χ1n) is 9.34. The standard InChI is InChI=1S/C20H17N3O4S4/c24-17(26-11-1-3-13-15(9-11)30-19(28)22-13)5-7-21-8-6-18(25)27-12-2-4-14-16(10-12)31-20(29)23-14/h1-4,9-10,21H,5-8H2,(H,22,28)(H,23,29). The first-order chi connectivity index (χ1) is 15.0.